The van der Waals surface area contributed by atoms with E-state index >= 15 is 0 Å². The number of carbonyl (C=O) groups excluding carboxylic acids is 1. The van der Waals surface area contributed by atoms with Crippen molar-refractivity contribution in [3.8, 4) is 0 Å². The van der Waals surface area contributed by atoms with Crippen molar-refractivity contribution in [1.29, 1.82) is 0 Å². The van der Waals surface area contributed by atoms with Crippen LogP contribution in [-0.4, -0.2) is 16.9 Å². The van der Waals surface area contributed by atoms with Gasteiger partial charge in [-0.15, -0.1) is 0 Å². The fourth-order valence-corrected chi connectivity index (χ4v) is 2.78. The number of ketones is 1. The number of rotatable bonds is 1. The number of carboxylic acid groups (broad SMARTS) is 1. The van der Waals surface area contributed by atoms with Gasteiger partial charge < -0.3 is 5.11 Å². The van der Waals surface area contributed by atoms with Crippen LogP contribution in [-0.2, 0) is 9.59 Å². The molecule has 0 heterocycles. The molecule has 3 unspecified atom stereocenters. The first kappa shape index (κ1) is 9.44. The number of Topliss-reactive ketones (excluding diaryl/α,β-unsaturated/α-hetero) is 1. The molecule has 14 heavy (non-hydrogen) atoms. The van der Waals surface area contributed by atoms with Crippen molar-refractivity contribution in [1.82, 2.24) is 0 Å². The van der Waals surface area contributed by atoms with Crippen LogP contribution in [0.3, 0.4) is 0 Å². The summed E-state index contributed by atoms with van der Waals surface area (Å²) in [6.45, 7) is 5.78. The summed E-state index contributed by atoms with van der Waals surface area (Å²) in [4.78, 5) is 22.9. The predicted molar refractivity (Wildman–Crippen MR) is 50.7 cm³/mol. The fourth-order valence-electron chi connectivity index (χ4n) is 2.78. The summed E-state index contributed by atoms with van der Waals surface area (Å²) in [5, 5.41) is 9.00. The lowest BCUT2D eigenvalue weighted by molar-refractivity contribution is -0.147. The predicted octanol–water partition coefficient (Wildman–Crippen LogP) is 1.49. The van der Waals surface area contributed by atoms with Gasteiger partial charge in [0.2, 0.25) is 0 Å². The molecule has 2 aliphatic rings. The van der Waals surface area contributed by atoms with E-state index in [4.69, 9.17) is 5.11 Å². The first-order valence-corrected chi connectivity index (χ1v) is 4.79. The Kier molecular flexibility index (Phi) is 1.53. The molecule has 3 nitrogen and oxygen atoms in total. The summed E-state index contributed by atoms with van der Waals surface area (Å²) < 4.78 is 0. The van der Waals surface area contributed by atoms with Gasteiger partial charge >= 0.3 is 5.97 Å². The van der Waals surface area contributed by atoms with Gasteiger partial charge in [0.1, 0.15) is 5.92 Å². The first-order chi connectivity index (χ1) is 6.32. The van der Waals surface area contributed by atoms with Crippen molar-refractivity contribution in [3.63, 3.8) is 0 Å². The molecule has 2 aliphatic carbocycles. The van der Waals surface area contributed by atoms with E-state index in [0.29, 0.717) is 0 Å². The normalized spacial score (nSPS) is 43.2. The van der Waals surface area contributed by atoms with Gasteiger partial charge in [-0.05, 0) is 12.3 Å². The third-order valence-electron chi connectivity index (χ3n) is 4.23. The van der Waals surface area contributed by atoms with Gasteiger partial charge in [-0.3, -0.25) is 9.59 Å². The van der Waals surface area contributed by atoms with Gasteiger partial charge in [0.25, 0.3) is 0 Å². The lowest BCUT2D eigenvalue weighted by Crippen LogP contribution is -2.33. The Bertz CT molecular complexity index is 354. The highest BCUT2D eigenvalue weighted by Crippen LogP contribution is 2.61. The van der Waals surface area contributed by atoms with Gasteiger partial charge in [-0.1, -0.05) is 26.0 Å². The van der Waals surface area contributed by atoms with Crippen LogP contribution in [0.1, 0.15) is 20.8 Å². The van der Waals surface area contributed by atoms with E-state index in [1.54, 1.807) is 0 Å². The molecule has 0 amide bonds. The van der Waals surface area contributed by atoms with Crippen molar-refractivity contribution >= 4 is 11.8 Å². The third-order valence-corrected chi connectivity index (χ3v) is 4.23. The Hall–Kier alpha value is -1.12. The molecule has 0 spiro atoms. The summed E-state index contributed by atoms with van der Waals surface area (Å²) in [6, 6.07) is 0. The second-order valence-electron chi connectivity index (χ2n) is 4.99. The molecule has 0 aromatic rings. The van der Waals surface area contributed by atoms with E-state index in [1.807, 2.05) is 32.9 Å². The van der Waals surface area contributed by atoms with Crippen molar-refractivity contribution in [2.75, 3.05) is 0 Å². The Labute approximate surface area is 82.8 Å². The molecule has 0 aromatic carbocycles. The average Bonchev–Trinajstić information content (AvgIpc) is 2.35. The van der Waals surface area contributed by atoms with Crippen LogP contribution in [0.25, 0.3) is 0 Å². The molecule has 1 fully saturated rings. The van der Waals surface area contributed by atoms with E-state index in [9.17, 15) is 9.59 Å². The fraction of sp³-hybridized carbons (Fsp3) is 0.636. The molecule has 1 saturated carbocycles. The summed E-state index contributed by atoms with van der Waals surface area (Å²) in [5.41, 5.74) is -0.839. The Morgan fingerprint density at radius 2 is 2.00 bits per heavy atom. The Morgan fingerprint density at radius 3 is 2.29 bits per heavy atom. The minimum Gasteiger partial charge on any atom is -0.481 e. The number of hydrogen-bond donors (Lipinski definition) is 1. The van der Waals surface area contributed by atoms with Crippen LogP contribution < -0.4 is 0 Å². The maximum Gasteiger partial charge on any atom is 0.314 e. The molecule has 0 aliphatic heterocycles. The molecule has 3 atom stereocenters. The zero-order chi connectivity index (χ0) is 10.7. The number of fused-ring (bicyclic) bond motifs is 2. The Morgan fingerprint density at radius 1 is 1.43 bits per heavy atom. The molecule has 76 valence electrons. The van der Waals surface area contributed by atoms with Gasteiger partial charge in [0.05, 0.1) is 5.41 Å². The molecular weight excluding hydrogens is 180 g/mol. The average molecular weight is 194 g/mol. The van der Waals surface area contributed by atoms with Crippen LogP contribution in [0.4, 0.5) is 0 Å². The topological polar surface area (TPSA) is 54.4 Å². The van der Waals surface area contributed by atoms with E-state index in [0.717, 1.165) is 0 Å². The Balaban J connectivity index is 2.55. The minimum absolute atomic E-state index is 0.137. The van der Waals surface area contributed by atoms with Crippen molar-refractivity contribution in [2.24, 2.45) is 22.7 Å². The number of carboxylic acids is 1. The summed E-state index contributed by atoms with van der Waals surface area (Å²) in [5.74, 6) is -2.10. The molecule has 1 N–H and O–H groups in total. The van der Waals surface area contributed by atoms with Gasteiger partial charge in [-0.25, -0.2) is 0 Å². The van der Waals surface area contributed by atoms with Crippen molar-refractivity contribution in [2.45, 2.75) is 20.8 Å². The lowest BCUT2D eigenvalue weighted by atomic mass is 9.70. The van der Waals surface area contributed by atoms with E-state index < -0.39 is 17.3 Å². The minimum atomic E-state index is -0.985. The second-order valence-corrected chi connectivity index (χ2v) is 4.99. The molecule has 0 radical (unpaired) electrons. The zero-order valence-corrected chi connectivity index (χ0v) is 8.57. The molecule has 0 aromatic heterocycles. The monoisotopic (exact) mass is 194 g/mol. The van der Waals surface area contributed by atoms with Crippen LogP contribution in [0.5, 0.6) is 0 Å². The summed E-state index contributed by atoms with van der Waals surface area (Å²) in [6.07, 6.45) is 3.76. The molecule has 3 heteroatoms. The van der Waals surface area contributed by atoms with Crippen LogP contribution in [0, 0.1) is 22.7 Å². The molecule has 2 bridgehead atoms. The number of aliphatic carboxylic acids is 1. The third kappa shape index (κ3) is 0.740. The van der Waals surface area contributed by atoms with Crippen LogP contribution in [0.2, 0.25) is 0 Å². The van der Waals surface area contributed by atoms with Crippen LogP contribution >= 0.6 is 0 Å². The maximum atomic E-state index is 11.9. The van der Waals surface area contributed by atoms with Crippen LogP contribution in [0.15, 0.2) is 12.2 Å². The molecular formula is C11H14O3. The highest BCUT2D eigenvalue weighted by atomic mass is 16.4. The highest BCUT2D eigenvalue weighted by molar-refractivity contribution is 6.06. The standard InChI is InChI=1S/C11H14O3/c1-10(2)6-4-5-11(10,3)8(12)7(6)9(13)14/h4-7H,1-3H3,(H,13,14). The SMILES string of the molecule is CC12C=CC(C(C(=O)O)C1=O)C2(C)C. The quantitative estimate of drug-likeness (QED) is 0.508. The van der Waals surface area contributed by atoms with Gasteiger partial charge in [0.15, 0.2) is 5.78 Å². The number of hydrogen-bond acceptors (Lipinski definition) is 2. The lowest BCUT2D eigenvalue weighted by Gasteiger charge is -2.31. The first-order valence-electron chi connectivity index (χ1n) is 4.79. The summed E-state index contributed by atoms with van der Waals surface area (Å²) >= 11 is 0. The van der Waals surface area contributed by atoms with E-state index in [1.165, 1.54) is 0 Å². The van der Waals surface area contributed by atoms with Crippen molar-refractivity contribution in [3.05, 3.63) is 12.2 Å². The van der Waals surface area contributed by atoms with Gasteiger partial charge in [-0.2, -0.15) is 0 Å². The number of carbonyl (C=O) groups is 2. The largest absolute Gasteiger partial charge is 0.481 e. The smallest absolute Gasteiger partial charge is 0.314 e. The van der Waals surface area contributed by atoms with Crippen molar-refractivity contribution < 1.29 is 14.7 Å². The molecule has 0 saturated heterocycles. The second kappa shape index (κ2) is 2.27. The van der Waals surface area contributed by atoms with E-state index in [2.05, 4.69) is 0 Å². The zero-order valence-electron chi connectivity index (χ0n) is 8.57. The maximum absolute atomic E-state index is 11.9. The highest BCUT2D eigenvalue weighted by Gasteiger charge is 2.65. The van der Waals surface area contributed by atoms with Gasteiger partial charge in [0, 0.05) is 5.92 Å². The number of allylic oxidation sites excluding steroid dienone is 2. The van der Waals surface area contributed by atoms with E-state index in [-0.39, 0.29) is 17.1 Å². The summed E-state index contributed by atoms with van der Waals surface area (Å²) in [7, 11) is 0. The molecule has 2 rings (SSSR count).